The number of carbonyl (C=O) groups is 3. The van der Waals surface area contributed by atoms with Crippen LogP contribution < -0.4 is 25.0 Å². The van der Waals surface area contributed by atoms with Gasteiger partial charge in [-0.05, 0) is 55.7 Å². The smallest absolute Gasteiger partial charge is 0.254 e. The number of hydrogen-bond acceptors (Lipinski definition) is 7. The van der Waals surface area contributed by atoms with Gasteiger partial charge in [-0.1, -0.05) is 12.8 Å². The third-order valence-corrected chi connectivity index (χ3v) is 8.39. The minimum atomic E-state index is -0.0560. The second kappa shape index (κ2) is 13.2. The lowest BCUT2D eigenvalue weighted by Crippen LogP contribution is -2.46. The van der Waals surface area contributed by atoms with E-state index in [9.17, 15) is 14.4 Å². The molecule has 1 aliphatic carbocycles. The Morgan fingerprint density at radius 3 is 2.12 bits per heavy atom. The van der Waals surface area contributed by atoms with Crippen molar-refractivity contribution in [1.82, 2.24) is 15.1 Å². The van der Waals surface area contributed by atoms with Crippen LogP contribution in [0.25, 0.3) is 0 Å². The fourth-order valence-electron chi connectivity index (χ4n) is 6.03. The molecule has 41 heavy (non-hydrogen) atoms. The predicted octanol–water partition coefficient (Wildman–Crippen LogP) is 3.23. The Morgan fingerprint density at radius 1 is 0.756 bits per heavy atom. The monoisotopic (exact) mass is 563 g/mol. The number of piperazine rings is 1. The van der Waals surface area contributed by atoms with E-state index >= 15 is 0 Å². The Labute approximate surface area is 241 Å². The zero-order valence-electron chi connectivity index (χ0n) is 24.1. The number of carbonyl (C=O) groups excluding carboxylic acids is 3. The predicted molar refractivity (Wildman–Crippen MR) is 158 cm³/mol. The summed E-state index contributed by atoms with van der Waals surface area (Å²) in [5, 5.41) is 6.46. The third kappa shape index (κ3) is 6.59. The molecular weight excluding hydrogens is 522 g/mol. The van der Waals surface area contributed by atoms with Crippen LogP contribution in [0.2, 0.25) is 0 Å². The van der Waals surface area contributed by atoms with Crippen LogP contribution in [0, 0.1) is 5.92 Å². The summed E-state index contributed by atoms with van der Waals surface area (Å²) >= 11 is 0. The molecule has 1 saturated carbocycles. The summed E-state index contributed by atoms with van der Waals surface area (Å²) in [6.07, 6.45) is 4.72. The van der Waals surface area contributed by atoms with Crippen LogP contribution in [0.5, 0.6) is 11.5 Å². The number of amides is 3. The van der Waals surface area contributed by atoms with Crippen molar-refractivity contribution in [2.45, 2.75) is 32.1 Å². The summed E-state index contributed by atoms with van der Waals surface area (Å²) in [6.45, 7) is 5.38. The highest BCUT2D eigenvalue weighted by atomic mass is 16.5. The molecule has 3 aliphatic rings. The molecule has 0 unspecified atom stereocenters. The second-order valence-corrected chi connectivity index (χ2v) is 10.9. The number of benzene rings is 2. The minimum absolute atomic E-state index is 0.00844. The van der Waals surface area contributed by atoms with Crippen LogP contribution in [0.4, 0.5) is 11.4 Å². The van der Waals surface area contributed by atoms with E-state index in [0.717, 1.165) is 57.4 Å². The molecule has 0 spiro atoms. The van der Waals surface area contributed by atoms with Crippen LogP contribution in [0.15, 0.2) is 36.4 Å². The maximum atomic E-state index is 13.4. The molecule has 220 valence electrons. The lowest BCUT2D eigenvalue weighted by atomic mass is 10.1. The summed E-state index contributed by atoms with van der Waals surface area (Å²) in [5.41, 5.74) is 2.69. The van der Waals surface area contributed by atoms with E-state index in [-0.39, 0.29) is 23.6 Å². The molecule has 2 aromatic rings. The van der Waals surface area contributed by atoms with Crippen molar-refractivity contribution < 1.29 is 23.9 Å². The molecule has 2 aromatic carbocycles. The summed E-state index contributed by atoms with van der Waals surface area (Å²) in [4.78, 5) is 45.8. The van der Waals surface area contributed by atoms with E-state index in [2.05, 4.69) is 15.5 Å². The van der Waals surface area contributed by atoms with Gasteiger partial charge in [-0.2, -0.15) is 0 Å². The van der Waals surface area contributed by atoms with E-state index in [4.69, 9.17) is 9.47 Å². The molecule has 0 radical (unpaired) electrons. The molecule has 0 atom stereocenters. The average molecular weight is 564 g/mol. The van der Waals surface area contributed by atoms with Crippen molar-refractivity contribution in [3.8, 4) is 11.5 Å². The molecule has 3 amide bonds. The van der Waals surface area contributed by atoms with Crippen molar-refractivity contribution in [2.75, 3.05) is 76.8 Å². The van der Waals surface area contributed by atoms with Gasteiger partial charge in [0, 0.05) is 69.4 Å². The van der Waals surface area contributed by atoms with Crippen molar-refractivity contribution in [2.24, 2.45) is 5.92 Å². The van der Waals surface area contributed by atoms with E-state index < -0.39 is 0 Å². The van der Waals surface area contributed by atoms with Crippen LogP contribution in [-0.2, 0) is 4.79 Å². The van der Waals surface area contributed by atoms with Crippen molar-refractivity contribution in [3.05, 3.63) is 47.5 Å². The van der Waals surface area contributed by atoms with Gasteiger partial charge in [-0.25, -0.2) is 0 Å². The van der Waals surface area contributed by atoms with Crippen LogP contribution in [-0.4, -0.2) is 94.1 Å². The van der Waals surface area contributed by atoms with Gasteiger partial charge in [-0.15, -0.1) is 0 Å². The summed E-state index contributed by atoms with van der Waals surface area (Å²) < 4.78 is 10.7. The molecule has 3 fully saturated rings. The Kier molecular flexibility index (Phi) is 9.28. The topological polar surface area (TPSA) is 103 Å². The Hall–Kier alpha value is -3.79. The summed E-state index contributed by atoms with van der Waals surface area (Å²) in [5.74, 6) is 1.06. The Balaban J connectivity index is 1.34. The van der Waals surface area contributed by atoms with Gasteiger partial charge >= 0.3 is 0 Å². The SMILES string of the molecule is COc1ccc(C(=O)N2CCCN(c3ccc(C(=O)N4CCNCC4)cc3NC(=O)C3CCCC3)CC2)cc1OC. The number of hydrogen-bond donors (Lipinski definition) is 2. The van der Waals surface area contributed by atoms with Gasteiger partial charge < -0.3 is 34.8 Å². The van der Waals surface area contributed by atoms with Gasteiger partial charge in [0.15, 0.2) is 11.5 Å². The van der Waals surface area contributed by atoms with Crippen LogP contribution in [0.1, 0.15) is 52.8 Å². The number of methoxy groups -OCH3 is 2. The normalized spacial score (nSPS) is 18.1. The molecule has 2 aliphatic heterocycles. The highest BCUT2D eigenvalue weighted by molar-refractivity contribution is 6.01. The standard InChI is InChI=1S/C31H41N5O5/c1-40-27-11-9-24(21-28(27)41-2)31(39)35-15-5-14-34(18-19-35)26-10-8-23(30(38)36-16-12-32-13-17-36)20-25(26)33-29(37)22-6-3-4-7-22/h8-11,20-22,32H,3-7,12-19H2,1-2H3,(H,33,37). The first-order chi connectivity index (χ1) is 20.0. The van der Waals surface area contributed by atoms with E-state index in [0.29, 0.717) is 61.0 Å². The van der Waals surface area contributed by atoms with Crippen molar-refractivity contribution in [3.63, 3.8) is 0 Å². The fraction of sp³-hybridized carbons (Fsp3) is 0.516. The number of anilines is 2. The van der Waals surface area contributed by atoms with Crippen LogP contribution in [0.3, 0.4) is 0 Å². The van der Waals surface area contributed by atoms with E-state index in [1.807, 2.05) is 28.0 Å². The zero-order valence-corrected chi connectivity index (χ0v) is 24.1. The summed E-state index contributed by atoms with van der Waals surface area (Å²) in [6, 6.07) is 10.9. The lowest BCUT2D eigenvalue weighted by molar-refractivity contribution is -0.119. The third-order valence-electron chi connectivity index (χ3n) is 8.39. The highest BCUT2D eigenvalue weighted by Crippen LogP contribution is 2.33. The van der Waals surface area contributed by atoms with Crippen molar-refractivity contribution >= 4 is 29.1 Å². The number of rotatable bonds is 7. The zero-order chi connectivity index (χ0) is 28.8. The molecule has 0 aromatic heterocycles. The van der Waals surface area contributed by atoms with Gasteiger partial charge in [0.1, 0.15) is 0 Å². The molecule has 0 bridgehead atoms. The maximum absolute atomic E-state index is 13.4. The fourth-order valence-corrected chi connectivity index (χ4v) is 6.03. The Bertz CT molecular complexity index is 1260. The van der Waals surface area contributed by atoms with Gasteiger partial charge in [-0.3, -0.25) is 14.4 Å². The van der Waals surface area contributed by atoms with Crippen LogP contribution >= 0.6 is 0 Å². The molecule has 10 nitrogen and oxygen atoms in total. The molecule has 5 rings (SSSR count). The van der Waals surface area contributed by atoms with E-state index in [1.54, 1.807) is 32.4 Å². The molecule has 2 saturated heterocycles. The number of nitrogens with zero attached hydrogens (tertiary/aromatic N) is 3. The molecule has 10 heteroatoms. The second-order valence-electron chi connectivity index (χ2n) is 10.9. The summed E-state index contributed by atoms with van der Waals surface area (Å²) in [7, 11) is 3.13. The molecule has 2 heterocycles. The largest absolute Gasteiger partial charge is 0.493 e. The first-order valence-corrected chi connectivity index (χ1v) is 14.7. The molecule has 2 N–H and O–H groups in total. The van der Waals surface area contributed by atoms with Gasteiger partial charge in [0.2, 0.25) is 5.91 Å². The van der Waals surface area contributed by atoms with Crippen molar-refractivity contribution in [1.29, 1.82) is 0 Å². The average Bonchev–Trinajstić information content (AvgIpc) is 3.46. The number of ether oxygens (including phenoxy) is 2. The first kappa shape index (κ1) is 28.7. The highest BCUT2D eigenvalue weighted by Gasteiger charge is 2.27. The Morgan fingerprint density at radius 2 is 1.41 bits per heavy atom. The minimum Gasteiger partial charge on any atom is -0.493 e. The maximum Gasteiger partial charge on any atom is 0.254 e. The van der Waals surface area contributed by atoms with E-state index in [1.165, 1.54) is 0 Å². The lowest BCUT2D eigenvalue weighted by Gasteiger charge is -2.29. The van der Waals surface area contributed by atoms with Gasteiger partial charge in [0.25, 0.3) is 11.8 Å². The quantitative estimate of drug-likeness (QED) is 0.533. The number of nitrogens with one attached hydrogen (secondary N) is 2. The first-order valence-electron chi connectivity index (χ1n) is 14.7. The molecular formula is C31H41N5O5. The van der Waals surface area contributed by atoms with Gasteiger partial charge in [0.05, 0.1) is 25.6 Å².